The monoisotopic (exact) mass is 121 g/mol. The highest BCUT2D eigenvalue weighted by atomic mass is 16.3. The zero-order chi connectivity index (χ0) is 6.10. The van der Waals surface area contributed by atoms with Gasteiger partial charge in [-0.1, -0.05) is 0 Å². The highest BCUT2D eigenvalue weighted by molar-refractivity contribution is 5.05. The number of hydrogen-bond acceptors (Lipinski definition) is 2. The molecule has 0 aliphatic carbocycles. The molecule has 0 saturated heterocycles. The molecule has 0 spiro atoms. The van der Waals surface area contributed by atoms with E-state index in [9.17, 15) is 0 Å². The van der Waals surface area contributed by atoms with E-state index in [0.717, 1.165) is 0 Å². The van der Waals surface area contributed by atoms with Crippen molar-refractivity contribution in [1.29, 1.82) is 0 Å². The lowest BCUT2D eigenvalue weighted by atomic mass is 10.7. The highest BCUT2D eigenvalue weighted by Crippen LogP contribution is 1.87. The van der Waals surface area contributed by atoms with Gasteiger partial charge in [-0.25, -0.2) is 0 Å². The minimum Gasteiger partial charge on any atom is -0.393 e. The van der Waals surface area contributed by atoms with Crippen LogP contribution in [0.3, 0.4) is 0 Å². The van der Waals surface area contributed by atoms with Crippen LogP contribution in [0.4, 0.5) is 0 Å². The van der Waals surface area contributed by atoms with E-state index < -0.39 is 0 Å². The van der Waals surface area contributed by atoms with Gasteiger partial charge in [-0.3, -0.25) is 0 Å². The van der Waals surface area contributed by atoms with E-state index >= 15 is 0 Å². The second kappa shape index (κ2) is 1.55. The van der Waals surface area contributed by atoms with Crippen molar-refractivity contribution in [3.63, 3.8) is 0 Å². The molecule has 0 aromatic carbocycles. The molecule has 0 N–H and O–H groups in total. The number of aromatic nitrogens is 2. The lowest BCUT2D eigenvalue weighted by Gasteiger charge is -1.72. The summed E-state index contributed by atoms with van der Waals surface area (Å²) in [4.78, 5) is 3.94. The molecule has 0 bridgehead atoms. The first-order valence-corrected chi connectivity index (χ1v) is 2.66. The Morgan fingerprint density at radius 1 is 1.44 bits per heavy atom. The van der Waals surface area contributed by atoms with Crippen molar-refractivity contribution in [1.82, 2.24) is 4.98 Å². The average Bonchev–Trinajstić information content (AvgIpc) is 2.33. The van der Waals surface area contributed by atoms with Crippen LogP contribution in [0.25, 0.3) is 5.84 Å². The number of oxazole rings is 1. The molecule has 2 aromatic heterocycles. The smallest absolute Gasteiger partial charge is 0.393 e. The van der Waals surface area contributed by atoms with Crippen molar-refractivity contribution in [2.75, 3.05) is 0 Å². The van der Waals surface area contributed by atoms with Crippen molar-refractivity contribution in [3.05, 3.63) is 30.9 Å². The van der Waals surface area contributed by atoms with Crippen LogP contribution in [0.15, 0.2) is 35.3 Å². The predicted octanol–water partition coefficient (Wildman–Crippen LogP) is 0.413. The van der Waals surface area contributed by atoms with E-state index in [0.29, 0.717) is 5.84 Å². The number of rotatable bonds is 0. The molecule has 0 atom stereocenters. The molecule has 9 heavy (non-hydrogen) atoms. The number of hydrogen-bond donors (Lipinski definition) is 0. The quantitative estimate of drug-likeness (QED) is 0.472. The van der Waals surface area contributed by atoms with Gasteiger partial charge in [0.2, 0.25) is 0 Å². The molecule has 0 fully saturated rings. The number of nitrogens with zero attached hydrogens (tertiary/aromatic N) is 2. The summed E-state index contributed by atoms with van der Waals surface area (Å²) < 4.78 is 6.78. The van der Waals surface area contributed by atoms with Crippen LogP contribution in [0.1, 0.15) is 0 Å². The van der Waals surface area contributed by atoms with Crippen LogP contribution in [0, 0.1) is 0 Å². The first kappa shape index (κ1) is 4.49. The van der Waals surface area contributed by atoms with E-state index in [1.807, 2.05) is 18.5 Å². The topological polar surface area (TPSA) is 30.1 Å². The van der Waals surface area contributed by atoms with Crippen molar-refractivity contribution in [2.24, 2.45) is 0 Å². The molecule has 0 saturated carbocycles. The van der Waals surface area contributed by atoms with Crippen molar-refractivity contribution in [2.45, 2.75) is 0 Å². The molecule has 0 amide bonds. The molecular formula is C6H5N2O+. The molecule has 3 heteroatoms. The summed E-state index contributed by atoms with van der Waals surface area (Å²) in [6.45, 7) is 0. The van der Waals surface area contributed by atoms with E-state index in [2.05, 4.69) is 4.98 Å². The third-order valence-corrected chi connectivity index (χ3v) is 1.13. The van der Waals surface area contributed by atoms with Crippen molar-refractivity contribution >= 4 is 5.84 Å². The zero-order valence-corrected chi connectivity index (χ0v) is 4.69. The van der Waals surface area contributed by atoms with E-state index in [1.54, 1.807) is 16.9 Å². The van der Waals surface area contributed by atoms with Crippen LogP contribution in [-0.2, 0) is 0 Å². The van der Waals surface area contributed by atoms with E-state index in [1.165, 1.54) is 0 Å². The Bertz CT molecular complexity index is 285. The fourth-order valence-electron chi connectivity index (χ4n) is 0.730. The van der Waals surface area contributed by atoms with Crippen LogP contribution >= 0.6 is 0 Å². The first-order chi connectivity index (χ1) is 4.47. The Balaban J connectivity index is 2.95. The number of fused-ring (bicyclic) bond motifs is 1. The van der Waals surface area contributed by atoms with Gasteiger partial charge in [0.05, 0.1) is 0 Å². The van der Waals surface area contributed by atoms with E-state index in [4.69, 9.17) is 4.42 Å². The molecule has 0 unspecified atom stereocenters. The normalized spacial score (nSPS) is 10.2. The fourth-order valence-corrected chi connectivity index (χ4v) is 0.730. The largest absolute Gasteiger partial charge is 0.508 e. The van der Waals surface area contributed by atoms with Gasteiger partial charge in [-0.2, -0.15) is 4.40 Å². The van der Waals surface area contributed by atoms with Gasteiger partial charge in [0.15, 0.2) is 0 Å². The fraction of sp³-hybridized carbons (Fsp3) is 0. The van der Waals surface area contributed by atoms with Gasteiger partial charge in [-0.05, 0) is 4.98 Å². The molecule has 2 rings (SSSR count). The summed E-state index contributed by atoms with van der Waals surface area (Å²) in [5.41, 5.74) is 0. The Kier molecular flexibility index (Phi) is 0.773. The molecule has 0 aliphatic rings. The summed E-state index contributed by atoms with van der Waals surface area (Å²) in [5, 5.41) is 0. The van der Waals surface area contributed by atoms with E-state index in [-0.39, 0.29) is 0 Å². The van der Waals surface area contributed by atoms with Gasteiger partial charge in [0.25, 0.3) is 0 Å². The van der Waals surface area contributed by atoms with Crippen LogP contribution < -0.4 is 4.40 Å². The Labute approximate surface area is 51.6 Å². The van der Waals surface area contributed by atoms with Gasteiger partial charge in [0.1, 0.15) is 24.9 Å². The molecule has 2 heterocycles. The Morgan fingerprint density at radius 2 is 2.44 bits per heavy atom. The summed E-state index contributed by atoms with van der Waals surface area (Å²) in [6, 6.07) is 1.85. The third-order valence-electron chi connectivity index (χ3n) is 1.13. The first-order valence-electron chi connectivity index (χ1n) is 2.66. The maximum absolute atomic E-state index is 4.97. The summed E-state index contributed by atoms with van der Waals surface area (Å²) in [7, 11) is 0. The molecular weight excluding hydrogens is 116 g/mol. The summed E-state index contributed by atoms with van der Waals surface area (Å²) >= 11 is 0. The van der Waals surface area contributed by atoms with Gasteiger partial charge in [0, 0.05) is 6.07 Å². The second-order valence-electron chi connectivity index (χ2n) is 1.71. The van der Waals surface area contributed by atoms with Crippen molar-refractivity contribution < 1.29 is 8.82 Å². The second-order valence-corrected chi connectivity index (χ2v) is 1.71. The van der Waals surface area contributed by atoms with Gasteiger partial charge < -0.3 is 4.42 Å². The lowest BCUT2D eigenvalue weighted by molar-refractivity contribution is -0.516. The molecule has 0 radical (unpaired) electrons. The maximum Gasteiger partial charge on any atom is 0.508 e. The maximum atomic E-state index is 4.97. The summed E-state index contributed by atoms with van der Waals surface area (Å²) in [6.07, 6.45) is 6.98. The minimum atomic E-state index is 0.623. The standard InChI is InChI=1S/C6H5N2O/c1-2-7-6-8(3-1)4-5-9-6/h1-5H/q+1. The Morgan fingerprint density at radius 3 is 3.33 bits per heavy atom. The van der Waals surface area contributed by atoms with Crippen molar-refractivity contribution in [3.8, 4) is 0 Å². The molecule has 3 nitrogen and oxygen atoms in total. The summed E-state index contributed by atoms with van der Waals surface area (Å²) in [5.74, 6) is 0.623. The average molecular weight is 121 g/mol. The SMILES string of the molecule is c1cnc2occ[n+]2c1. The zero-order valence-electron chi connectivity index (χ0n) is 4.69. The van der Waals surface area contributed by atoms with Crippen LogP contribution in [0.5, 0.6) is 0 Å². The predicted molar refractivity (Wildman–Crippen MR) is 29.7 cm³/mol. The molecule has 2 aromatic rings. The minimum absolute atomic E-state index is 0.623. The van der Waals surface area contributed by atoms with Crippen LogP contribution in [0.2, 0.25) is 0 Å². The van der Waals surface area contributed by atoms with Gasteiger partial charge >= 0.3 is 5.84 Å². The lowest BCUT2D eigenvalue weighted by Crippen LogP contribution is -2.16. The third kappa shape index (κ3) is 0.579. The highest BCUT2D eigenvalue weighted by Gasteiger charge is 2.01. The molecule has 44 valence electrons. The van der Waals surface area contributed by atoms with Gasteiger partial charge in [-0.15, -0.1) is 0 Å². The Hall–Kier alpha value is -1.38. The molecule has 0 aliphatic heterocycles. The van der Waals surface area contributed by atoms with Crippen LogP contribution in [-0.4, -0.2) is 4.98 Å².